The summed E-state index contributed by atoms with van der Waals surface area (Å²) in [6.07, 6.45) is -6.23. The predicted octanol–water partition coefficient (Wildman–Crippen LogP) is 3.00. The quantitative estimate of drug-likeness (QED) is 0.811. The summed E-state index contributed by atoms with van der Waals surface area (Å²) in [5.41, 5.74) is 1.10. The van der Waals surface area contributed by atoms with Crippen molar-refractivity contribution >= 4 is 0 Å². The van der Waals surface area contributed by atoms with Crippen LogP contribution in [-0.4, -0.2) is 32.3 Å². The van der Waals surface area contributed by atoms with E-state index in [4.69, 9.17) is 0 Å². The van der Waals surface area contributed by atoms with Crippen LogP contribution in [0.2, 0.25) is 0 Å². The molecule has 0 fully saturated rings. The van der Waals surface area contributed by atoms with E-state index in [9.17, 15) is 13.2 Å². The molecule has 0 aliphatic carbocycles. The molecule has 0 aromatic heterocycles. The molecule has 2 nitrogen and oxygen atoms in total. The molecule has 0 radical (unpaired) electrons. The van der Waals surface area contributed by atoms with Gasteiger partial charge in [-0.2, -0.15) is 13.2 Å². The summed E-state index contributed by atoms with van der Waals surface area (Å²) < 4.78 is 42.2. The first-order valence-corrected chi connectivity index (χ1v) is 5.17. The Kier molecular flexibility index (Phi) is 4.54. The topological polar surface area (TPSA) is 12.5 Å². The molecule has 0 aliphatic rings. The van der Waals surface area contributed by atoms with Gasteiger partial charge in [0.1, 0.15) is 0 Å². The zero-order chi connectivity index (χ0) is 13.1. The van der Waals surface area contributed by atoms with Gasteiger partial charge in [-0.25, -0.2) is 0 Å². The van der Waals surface area contributed by atoms with Crippen LogP contribution in [0.15, 0.2) is 24.3 Å². The number of ether oxygens (including phenoxy) is 1. The highest BCUT2D eigenvalue weighted by Crippen LogP contribution is 2.35. The number of halogens is 3. The molecule has 0 N–H and O–H groups in total. The molecule has 0 amide bonds. The number of hydrogen-bond acceptors (Lipinski definition) is 2. The lowest BCUT2D eigenvalue weighted by atomic mass is 10.1. The van der Waals surface area contributed by atoms with E-state index < -0.39 is 12.3 Å². The maximum absolute atomic E-state index is 12.6. The van der Waals surface area contributed by atoms with E-state index in [0.29, 0.717) is 6.54 Å². The van der Waals surface area contributed by atoms with Gasteiger partial charge in [0.15, 0.2) is 6.10 Å². The number of alkyl halides is 3. The first kappa shape index (κ1) is 14.0. The molecule has 5 heteroatoms. The Balaban J connectivity index is 2.86. The highest BCUT2D eigenvalue weighted by atomic mass is 19.4. The maximum atomic E-state index is 12.6. The van der Waals surface area contributed by atoms with Crippen LogP contribution in [0.3, 0.4) is 0 Å². The standard InChI is InChI=1S/C12H16F3NO/c1-16(2)8-9-4-6-10(7-5-9)11(17-3)12(13,14)15/h4-7,11H,8H2,1-3H3. The molecule has 1 rings (SSSR count). The average Bonchev–Trinajstić information content (AvgIpc) is 2.18. The Morgan fingerprint density at radius 1 is 1.18 bits per heavy atom. The van der Waals surface area contributed by atoms with Crippen molar-refractivity contribution in [1.82, 2.24) is 4.90 Å². The van der Waals surface area contributed by atoms with Crippen molar-refractivity contribution in [3.63, 3.8) is 0 Å². The first-order chi connectivity index (χ1) is 7.84. The summed E-state index contributed by atoms with van der Waals surface area (Å²) >= 11 is 0. The van der Waals surface area contributed by atoms with Crippen LogP contribution in [-0.2, 0) is 11.3 Å². The predicted molar refractivity (Wildman–Crippen MR) is 59.6 cm³/mol. The highest BCUT2D eigenvalue weighted by molar-refractivity contribution is 5.25. The molecule has 0 heterocycles. The Hall–Kier alpha value is -1.07. The molecule has 0 bridgehead atoms. The summed E-state index contributed by atoms with van der Waals surface area (Å²) in [6.45, 7) is 0.698. The van der Waals surface area contributed by atoms with E-state index in [0.717, 1.165) is 12.7 Å². The number of hydrogen-bond donors (Lipinski definition) is 0. The fraction of sp³-hybridized carbons (Fsp3) is 0.500. The van der Waals surface area contributed by atoms with E-state index in [-0.39, 0.29) is 5.56 Å². The van der Waals surface area contributed by atoms with Gasteiger partial charge in [0.25, 0.3) is 0 Å². The molecule has 0 aliphatic heterocycles. The summed E-state index contributed by atoms with van der Waals surface area (Å²) in [4.78, 5) is 1.95. The summed E-state index contributed by atoms with van der Waals surface area (Å²) in [6, 6.07) is 6.29. The van der Waals surface area contributed by atoms with Crippen LogP contribution < -0.4 is 0 Å². The number of benzene rings is 1. The minimum absolute atomic E-state index is 0.127. The summed E-state index contributed by atoms with van der Waals surface area (Å²) in [5.74, 6) is 0. The van der Waals surface area contributed by atoms with Crippen LogP contribution in [0.5, 0.6) is 0 Å². The SMILES string of the molecule is COC(c1ccc(CN(C)C)cc1)C(F)(F)F. The summed E-state index contributed by atoms with van der Waals surface area (Å²) in [7, 11) is 4.87. The van der Waals surface area contributed by atoms with Gasteiger partial charge in [-0.15, -0.1) is 0 Å². The minimum atomic E-state index is -4.38. The van der Waals surface area contributed by atoms with Crippen LogP contribution >= 0.6 is 0 Å². The molecular formula is C12H16F3NO. The van der Waals surface area contributed by atoms with Crippen molar-refractivity contribution in [3.8, 4) is 0 Å². The molecule has 1 atom stereocenters. The van der Waals surface area contributed by atoms with E-state index in [2.05, 4.69) is 4.74 Å². The second-order valence-electron chi connectivity index (χ2n) is 4.14. The third-order valence-electron chi connectivity index (χ3n) is 2.31. The maximum Gasteiger partial charge on any atom is 0.418 e. The normalized spacial score (nSPS) is 14.1. The molecule has 0 saturated heterocycles. The number of rotatable bonds is 4. The van der Waals surface area contributed by atoms with Gasteiger partial charge in [-0.3, -0.25) is 0 Å². The Morgan fingerprint density at radius 2 is 1.71 bits per heavy atom. The number of nitrogens with zero attached hydrogens (tertiary/aromatic N) is 1. The fourth-order valence-corrected chi connectivity index (χ4v) is 1.62. The van der Waals surface area contributed by atoms with Crippen molar-refractivity contribution in [2.45, 2.75) is 18.8 Å². The fourth-order valence-electron chi connectivity index (χ4n) is 1.62. The van der Waals surface area contributed by atoms with Gasteiger partial charge in [0.05, 0.1) is 0 Å². The molecule has 0 saturated carbocycles. The molecule has 1 unspecified atom stereocenters. The zero-order valence-corrected chi connectivity index (χ0v) is 10.1. The van der Waals surface area contributed by atoms with Gasteiger partial charge in [-0.1, -0.05) is 24.3 Å². The van der Waals surface area contributed by atoms with E-state index in [1.807, 2.05) is 19.0 Å². The second-order valence-corrected chi connectivity index (χ2v) is 4.14. The van der Waals surface area contributed by atoms with Gasteiger partial charge in [-0.05, 0) is 25.2 Å². The van der Waals surface area contributed by atoms with Crippen molar-refractivity contribution in [2.75, 3.05) is 21.2 Å². The lowest BCUT2D eigenvalue weighted by Crippen LogP contribution is -2.22. The Morgan fingerprint density at radius 3 is 2.06 bits per heavy atom. The molecule has 0 spiro atoms. The molecular weight excluding hydrogens is 231 g/mol. The molecule has 1 aromatic carbocycles. The van der Waals surface area contributed by atoms with Crippen LogP contribution in [0.1, 0.15) is 17.2 Å². The average molecular weight is 247 g/mol. The Labute approximate surface area is 99.0 Å². The second kappa shape index (κ2) is 5.51. The van der Waals surface area contributed by atoms with E-state index >= 15 is 0 Å². The monoisotopic (exact) mass is 247 g/mol. The van der Waals surface area contributed by atoms with Crippen molar-refractivity contribution in [2.24, 2.45) is 0 Å². The van der Waals surface area contributed by atoms with E-state index in [1.54, 1.807) is 12.1 Å². The largest absolute Gasteiger partial charge is 0.418 e. The molecule has 17 heavy (non-hydrogen) atoms. The summed E-state index contributed by atoms with van der Waals surface area (Å²) in [5, 5.41) is 0. The molecule has 96 valence electrons. The van der Waals surface area contributed by atoms with Gasteiger partial charge in [0, 0.05) is 13.7 Å². The lowest BCUT2D eigenvalue weighted by Gasteiger charge is -2.19. The third-order valence-corrected chi connectivity index (χ3v) is 2.31. The minimum Gasteiger partial charge on any atom is -0.367 e. The van der Waals surface area contributed by atoms with Crippen LogP contribution in [0.25, 0.3) is 0 Å². The van der Waals surface area contributed by atoms with Crippen LogP contribution in [0.4, 0.5) is 13.2 Å². The molecule has 1 aromatic rings. The lowest BCUT2D eigenvalue weighted by molar-refractivity contribution is -0.215. The van der Waals surface area contributed by atoms with E-state index in [1.165, 1.54) is 12.1 Å². The van der Waals surface area contributed by atoms with Gasteiger partial charge in [0.2, 0.25) is 0 Å². The Bertz CT molecular complexity index is 346. The van der Waals surface area contributed by atoms with Crippen molar-refractivity contribution in [1.29, 1.82) is 0 Å². The van der Waals surface area contributed by atoms with Crippen molar-refractivity contribution < 1.29 is 17.9 Å². The van der Waals surface area contributed by atoms with Gasteiger partial charge >= 0.3 is 6.18 Å². The smallest absolute Gasteiger partial charge is 0.367 e. The van der Waals surface area contributed by atoms with Crippen LogP contribution in [0, 0.1) is 0 Å². The van der Waals surface area contributed by atoms with Crippen molar-refractivity contribution in [3.05, 3.63) is 35.4 Å². The number of methoxy groups -OCH3 is 1. The zero-order valence-electron chi connectivity index (χ0n) is 10.1. The van der Waals surface area contributed by atoms with Gasteiger partial charge < -0.3 is 9.64 Å². The first-order valence-electron chi connectivity index (χ1n) is 5.17. The highest BCUT2D eigenvalue weighted by Gasteiger charge is 2.40. The third kappa shape index (κ3) is 4.02.